The van der Waals surface area contributed by atoms with Crippen LogP contribution < -0.4 is 4.90 Å². The minimum atomic E-state index is 0.227. The van der Waals surface area contributed by atoms with E-state index in [1.807, 2.05) is 11.9 Å². The molecule has 1 amide bonds. The Kier molecular flexibility index (Phi) is 5.94. The van der Waals surface area contributed by atoms with E-state index in [4.69, 9.17) is 0 Å². The van der Waals surface area contributed by atoms with Gasteiger partial charge in [0.15, 0.2) is 0 Å². The second-order valence-corrected chi connectivity index (χ2v) is 7.31. The van der Waals surface area contributed by atoms with Crippen LogP contribution in [0.4, 0.5) is 5.69 Å². The van der Waals surface area contributed by atoms with E-state index >= 15 is 0 Å². The van der Waals surface area contributed by atoms with Gasteiger partial charge in [-0.25, -0.2) is 0 Å². The van der Waals surface area contributed by atoms with Crippen molar-refractivity contribution in [3.05, 3.63) is 65.2 Å². The predicted molar refractivity (Wildman–Crippen MR) is 107 cm³/mol. The zero-order chi connectivity index (χ0) is 18.5. The lowest BCUT2D eigenvalue weighted by atomic mass is 10.1. The average molecular weight is 351 g/mol. The second kappa shape index (κ2) is 8.37. The lowest BCUT2D eigenvalue weighted by Crippen LogP contribution is -2.51. The first-order chi connectivity index (χ1) is 12.5. The number of carbonyl (C=O) groups is 1. The van der Waals surface area contributed by atoms with Gasteiger partial charge < -0.3 is 9.80 Å². The normalized spacial score (nSPS) is 14.8. The summed E-state index contributed by atoms with van der Waals surface area (Å²) in [6.45, 7) is 8.91. The number of amides is 1. The summed E-state index contributed by atoms with van der Waals surface area (Å²) in [4.78, 5) is 19.1. The number of rotatable bonds is 5. The van der Waals surface area contributed by atoms with Crippen molar-refractivity contribution in [2.75, 3.05) is 44.7 Å². The summed E-state index contributed by atoms with van der Waals surface area (Å²) in [5, 5.41) is 0. The molecular formula is C22H29N3O. The monoisotopic (exact) mass is 351 g/mol. The molecule has 0 unspecified atom stereocenters. The van der Waals surface area contributed by atoms with Gasteiger partial charge in [-0.1, -0.05) is 36.4 Å². The third-order valence-electron chi connectivity index (χ3n) is 5.11. The maximum atomic E-state index is 12.6. The number of nitrogens with zero attached hydrogens (tertiary/aromatic N) is 3. The van der Waals surface area contributed by atoms with Crippen molar-refractivity contribution < 1.29 is 4.79 Å². The van der Waals surface area contributed by atoms with Crippen LogP contribution in [0.25, 0.3) is 0 Å². The molecule has 1 saturated heterocycles. The zero-order valence-corrected chi connectivity index (χ0v) is 16.1. The fourth-order valence-electron chi connectivity index (χ4n) is 3.50. The van der Waals surface area contributed by atoms with Crippen LogP contribution in [-0.4, -0.2) is 55.5 Å². The topological polar surface area (TPSA) is 26.8 Å². The number of hydrogen-bond donors (Lipinski definition) is 0. The predicted octanol–water partition coefficient (Wildman–Crippen LogP) is 3.08. The lowest BCUT2D eigenvalue weighted by Gasteiger charge is -2.37. The van der Waals surface area contributed by atoms with Crippen molar-refractivity contribution in [1.82, 2.24) is 9.80 Å². The standard InChI is InChI=1S/C22H29N3O/c1-18-7-6-10-21(15-18)24-11-13-25(14-12-24)22(26)17-23(3)16-20-9-5-4-8-19(20)2/h4-10,15H,11-14,16-17H2,1-3H3. The largest absolute Gasteiger partial charge is 0.368 e. The number of aryl methyl sites for hydroxylation is 2. The average Bonchev–Trinajstić information content (AvgIpc) is 2.64. The van der Waals surface area contributed by atoms with E-state index in [0.717, 1.165) is 32.7 Å². The van der Waals surface area contributed by atoms with Crippen molar-refractivity contribution in [2.24, 2.45) is 0 Å². The number of carbonyl (C=O) groups excluding carboxylic acids is 1. The Morgan fingerprint density at radius 2 is 1.73 bits per heavy atom. The van der Waals surface area contributed by atoms with Crippen molar-refractivity contribution in [3.8, 4) is 0 Å². The summed E-state index contributed by atoms with van der Waals surface area (Å²) in [7, 11) is 2.02. The summed E-state index contributed by atoms with van der Waals surface area (Å²) in [5.74, 6) is 0.227. The summed E-state index contributed by atoms with van der Waals surface area (Å²) in [6, 6.07) is 17.0. The molecule has 138 valence electrons. The molecule has 0 radical (unpaired) electrons. The molecule has 1 fully saturated rings. The quantitative estimate of drug-likeness (QED) is 0.828. The fraction of sp³-hybridized carbons (Fsp3) is 0.409. The molecular weight excluding hydrogens is 322 g/mol. The van der Waals surface area contributed by atoms with Crippen LogP contribution in [0.2, 0.25) is 0 Å². The van der Waals surface area contributed by atoms with Crippen LogP contribution in [0.15, 0.2) is 48.5 Å². The molecule has 3 rings (SSSR count). The van der Waals surface area contributed by atoms with Gasteiger partial charge in [-0.3, -0.25) is 9.69 Å². The highest BCUT2D eigenvalue weighted by atomic mass is 16.2. The van der Waals surface area contributed by atoms with Gasteiger partial charge >= 0.3 is 0 Å². The summed E-state index contributed by atoms with van der Waals surface area (Å²) in [5.41, 5.74) is 5.10. The Hall–Kier alpha value is -2.33. The summed E-state index contributed by atoms with van der Waals surface area (Å²) < 4.78 is 0. The van der Waals surface area contributed by atoms with Gasteiger partial charge in [0.05, 0.1) is 6.54 Å². The third-order valence-corrected chi connectivity index (χ3v) is 5.11. The molecule has 0 spiro atoms. The molecule has 4 nitrogen and oxygen atoms in total. The van der Waals surface area contributed by atoms with Crippen LogP contribution in [0.1, 0.15) is 16.7 Å². The molecule has 1 aliphatic rings. The lowest BCUT2D eigenvalue weighted by molar-refractivity contribution is -0.132. The smallest absolute Gasteiger partial charge is 0.236 e. The Morgan fingerprint density at radius 1 is 1.00 bits per heavy atom. The molecule has 2 aromatic rings. The number of hydrogen-bond acceptors (Lipinski definition) is 3. The minimum absolute atomic E-state index is 0.227. The van der Waals surface area contributed by atoms with Crippen LogP contribution in [0, 0.1) is 13.8 Å². The van der Waals surface area contributed by atoms with Gasteiger partial charge in [0.1, 0.15) is 0 Å². The van der Waals surface area contributed by atoms with Crippen LogP contribution in [-0.2, 0) is 11.3 Å². The summed E-state index contributed by atoms with van der Waals surface area (Å²) in [6.07, 6.45) is 0. The Balaban J connectivity index is 1.50. The highest BCUT2D eigenvalue weighted by molar-refractivity contribution is 5.78. The number of likely N-dealkylation sites (N-methyl/N-ethyl adjacent to an activating group) is 1. The molecule has 0 atom stereocenters. The molecule has 0 aliphatic carbocycles. The van der Waals surface area contributed by atoms with E-state index in [1.165, 1.54) is 22.4 Å². The zero-order valence-electron chi connectivity index (χ0n) is 16.1. The van der Waals surface area contributed by atoms with Gasteiger partial charge in [-0.15, -0.1) is 0 Å². The first-order valence-electron chi connectivity index (χ1n) is 9.35. The summed E-state index contributed by atoms with van der Waals surface area (Å²) >= 11 is 0. The molecule has 0 N–H and O–H groups in total. The number of anilines is 1. The molecule has 0 aromatic heterocycles. The highest BCUT2D eigenvalue weighted by Crippen LogP contribution is 2.18. The third kappa shape index (κ3) is 4.64. The van der Waals surface area contributed by atoms with E-state index in [9.17, 15) is 4.79 Å². The van der Waals surface area contributed by atoms with Crippen molar-refractivity contribution in [1.29, 1.82) is 0 Å². The number of piperazine rings is 1. The van der Waals surface area contributed by atoms with E-state index in [-0.39, 0.29) is 5.91 Å². The van der Waals surface area contributed by atoms with Gasteiger partial charge in [0.2, 0.25) is 5.91 Å². The van der Waals surface area contributed by atoms with Gasteiger partial charge in [0, 0.05) is 38.4 Å². The SMILES string of the molecule is Cc1cccc(N2CCN(C(=O)CN(C)Cc3ccccc3C)CC2)c1. The van der Waals surface area contributed by atoms with Crippen molar-refractivity contribution in [2.45, 2.75) is 20.4 Å². The molecule has 1 aliphatic heterocycles. The Bertz CT molecular complexity index is 751. The molecule has 26 heavy (non-hydrogen) atoms. The number of benzene rings is 2. The van der Waals surface area contributed by atoms with Crippen molar-refractivity contribution >= 4 is 11.6 Å². The highest BCUT2D eigenvalue weighted by Gasteiger charge is 2.22. The molecule has 1 heterocycles. The van der Waals surface area contributed by atoms with Crippen molar-refractivity contribution in [3.63, 3.8) is 0 Å². The Labute approximate surface area is 157 Å². The molecule has 2 aromatic carbocycles. The van der Waals surface area contributed by atoms with Gasteiger partial charge in [-0.05, 0) is 49.7 Å². The van der Waals surface area contributed by atoms with Gasteiger partial charge in [-0.2, -0.15) is 0 Å². The Morgan fingerprint density at radius 3 is 2.42 bits per heavy atom. The van der Waals surface area contributed by atoms with E-state index in [1.54, 1.807) is 0 Å². The first-order valence-corrected chi connectivity index (χ1v) is 9.35. The second-order valence-electron chi connectivity index (χ2n) is 7.31. The minimum Gasteiger partial charge on any atom is -0.368 e. The van der Waals surface area contributed by atoms with E-state index in [0.29, 0.717) is 6.54 Å². The van der Waals surface area contributed by atoms with Crippen LogP contribution in [0.5, 0.6) is 0 Å². The maximum absolute atomic E-state index is 12.6. The first kappa shape index (κ1) is 18.5. The van der Waals surface area contributed by atoms with E-state index in [2.05, 4.69) is 72.2 Å². The molecule has 0 bridgehead atoms. The van der Waals surface area contributed by atoms with Gasteiger partial charge in [0.25, 0.3) is 0 Å². The maximum Gasteiger partial charge on any atom is 0.236 e. The van der Waals surface area contributed by atoms with E-state index < -0.39 is 0 Å². The molecule has 0 saturated carbocycles. The fourth-order valence-corrected chi connectivity index (χ4v) is 3.50. The van der Waals surface area contributed by atoms with Crippen LogP contribution >= 0.6 is 0 Å². The molecule has 4 heteroatoms. The van der Waals surface area contributed by atoms with Crippen LogP contribution in [0.3, 0.4) is 0 Å².